The summed E-state index contributed by atoms with van der Waals surface area (Å²) in [5, 5.41) is 1.21. The van der Waals surface area contributed by atoms with E-state index in [1.165, 1.54) is 22.2 Å². The summed E-state index contributed by atoms with van der Waals surface area (Å²) in [6, 6.07) is 6.22. The van der Waals surface area contributed by atoms with Gasteiger partial charge in [-0.1, -0.05) is 6.92 Å². The third kappa shape index (κ3) is 2.28. The summed E-state index contributed by atoms with van der Waals surface area (Å²) in [5.41, 5.74) is 9.42. The summed E-state index contributed by atoms with van der Waals surface area (Å²) in [7, 11) is 1.68. The third-order valence-corrected chi connectivity index (χ3v) is 4.52. The molecule has 0 saturated heterocycles. The van der Waals surface area contributed by atoms with Gasteiger partial charge in [0.25, 0.3) is 0 Å². The van der Waals surface area contributed by atoms with E-state index in [9.17, 15) is 4.79 Å². The molecule has 4 nitrogen and oxygen atoms in total. The Bertz CT molecular complexity index is 688. The molecule has 0 saturated carbocycles. The van der Waals surface area contributed by atoms with Crippen LogP contribution in [-0.2, 0) is 24.2 Å². The molecule has 1 aliphatic carbocycles. The van der Waals surface area contributed by atoms with E-state index in [4.69, 9.17) is 10.5 Å². The molecule has 0 fully saturated rings. The first-order valence-electron chi connectivity index (χ1n) is 7.63. The van der Waals surface area contributed by atoms with Crippen LogP contribution in [0.2, 0.25) is 0 Å². The van der Waals surface area contributed by atoms with Gasteiger partial charge in [-0.25, -0.2) is 0 Å². The van der Waals surface area contributed by atoms with Crippen LogP contribution in [0.5, 0.6) is 5.75 Å². The first kappa shape index (κ1) is 14.0. The van der Waals surface area contributed by atoms with Gasteiger partial charge in [-0.05, 0) is 49.4 Å². The van der Waals surface area contributed by atoms with Crippen molar-refractivity contribution >= 4 is 16.8 Å². The predicted octanol–water partition coefficient (Wildman–Crippen LogP) is 2.65. The van der Waals surface area contributed by atoms with Crippen molar-refractivity contribution in [2.24, 2.45) is 11.7 Å². The maximum Gasteiger partial charge on any atom is 0.220 e. The van der Waals surface area contributed by atoms with Crippen molar-refractivity contribution in [1.82, 2.24) is 4.57 Å². The number of fused-ring (bicyclic) bond motifs is 3. The molecule has 1 heterocycles. The molecule has 2 N–H and O–H groups in total. The molecular weight excluding hydrogens is 264 g/mol. The molecule has 0 radical (unpaired) electrons. The molecular formula is C17H22N2O2. The molecule has 4 heteroatoms. The first-order chi connectivity index (χ1) is 10.2. The Morgan fingerprint density at radius 2 is 2.29 bits per heavy atom. The molecule has 1 unspecified atom stereocenters. The van der Waals surface area contributed by atoms with Crippen LogP contribution in [0.15, 0.2) is 18.2 Å². The topological polar surface area (TPSA) is 57.2 Å². The number of aryl methyl sites for hydroxylation is 1. The minimum Gasteiger partial charge on any atom is -0.497 e. The summed E-state index contributed by atoms with van der Waals surface area (Å²) < 4.78 is 7.76. The number of rotatable bonds is 4. The average Bonchev–Trinajstić information content (AvgIpc) is 2.80. The molecule has 0 spiro atoms. The van der Waals surface area contributed by atoms with Crippen molar-refractivity contribution in [2.75, 3.05) is 7.11 Å². The highest BCUT2D eigenvalue weighted by Crippen LogP contribution is 2.36. The summed E-state index contributed by atoms with van der Waals surface area (Å²) in [4.78, 5) is 11.5. The number of nitrogens with two attached hydrogens (primary N) is 1. The number of ether oxygens (including phenoxy) is 1. The monoisotopic (exact) mass is 286 g/mol. The standard InChI is InChI=1S/C17H22N2O2/c1-3-8-19-15-6-4-11(17(18)20)9-13(15)14-10-12(21-2)5-7-16(14)19/h5,7,10-11H,3-4,6,8-9H2,1-2H3,(H2,18,20). The normalized spacial score (nSPS) is 17.7. The number of carbonyl (C=O) groups excluding carboxylic acids is 1. The van der Waals surface area contributed by atoms with E-state index in [1.807, 2.05) is 6.07 Å². The van der Waals surface area contributed by atoms with Crippen LogP contribution in [-0.4, -0.2) is 17.6 Å². The van der Waals surface area contributed by atoms with Crippen molar-refractivity contribution in [3.05, 3.63) is 29.5 Å². The van der Waals surface area contributed by atoms with Crippen LogP contribution in [0, 0.1) is 5.92 Å². The van der Waals surface area contributed by atoms with Crippen LogP contribution < -0.4 is 10.5 Å². The van der Waals surface area contributed by atoms with E-state index in [0.29, 0.717) is 0 Å². The molecule has 0 aliphatic heterocycles. The van der Waals surface area contributed by atoms with E-state index in [1.54, 1.807) is 7.11 Å². The molecule has 1 aromatic carbocycles. The van der Waals surface area contributed by atoms with Crippen molar-refractivity contribution < 1.29 is 9.53 Å². The number of hydrogen-bond acceptors (Lipinski definition) is 2. The van der Waals surface area contributed by atoms with Crippen LogP contribution in [0.25, 0.3) is 10.9 Å². The zero-order valence-corrected chi connectivity index (χ0v) is 12.7. The molecule has 1 atom stereocenters. The fourth-order valence-corrected chi connectivity index (χ4v) is 3.48. The van der Waals surface area contributed by atoms with Gasteiger partial charge >= 0.3 is 0 Å². The second-order valence-electron chi connectivity index (χ2n) is 5.80. The number of carbonyl (C=O) groups is 1. The lowest BCUT2D eigenvalue weighted by Gasteiger charge is -2.21. The minimum absolute atomic E-state index is 0.0376. The van der Waals surface area contributed by atoms with Crippen molar-refractivity contribution in [3.8, 4) is 5.75 Å². The highest BCUT2D eigenvalue weighted by molar-refractivity contribution is 5.88. The SMILES string of the molecule is CCCn1c2c(c3cc(OC)ccc31)CC(C(N)=O)CC2. The zero-order valence-electron chi connectivity index (χ0n) is 12.7. The number of benzene rings is 1. The van der Waals surface area contributed by atoms with Crippen LogP contribution in [0.1, 0.15) is 31.0 Å². The molecule has 21 heavy (non-hydrogen) atoms. The predicted molar refractivity (Wildman–Crippen MR) is 83.5 cm³/mol. The number of nitrogens with zero attached hydrogens (tertiary/aromatic N) is 1. The van der Waals surface area contributed by atoms with Gasteiger partial charge in [0.05, 0.1) is 7.11 Å². The Morgan fingerprint density at radius 3 is 2.95 bits per heavy atom. The molecule has 1 aromatic heterocycles. The third-order valence-electron chi connectivity index (χ3n) is 4.52. The average molecular weight is 286 g/mol. The van der Waals surface area contributed by atoms with Crippen LogP contribution in [0.3, 0.4) is 0 Å². The summed E-state index contributed by atoms with van der Waals surface area (Å²) in [5.74, 6) is 0.643. The second-order valence-corrected chi connectivity index (χ2v) is 5.80. The maximum atomic E-state index is 11.5. The summed E-state index contributed by atoms with van der Waals surface area (Å²) >= 11 is 0. The summed E-state index contributed by atoms with van der Waals surface area (Å²) in [6.45, 7) is 3.20. The Morgan fingerprint density at radius 1 is 1.48 bits per heavy atom. The number of amides is 1. The highest BCUT2D eigenvalue weighted by atomic mass is 16.5. The molecule has 0 bridgehead atoms. The van der Waals surface area contributed by atoms with Gasteiger partial charge in [-0.2, -0.15) is 0 Å². The Labute approximate surface area is 124 Å². The molecule has 3 rings (SSSR count). The van der Waals surface area contributed by atoms with Gasteiger partial charge in [-0.15, -0.1) is 0 Å². The van der Waals surface area contributed by atoms with Gasteiger partial charge in [0.15, 0.2) is 0 Å². The lowest BCUT2D eigenvalue weighted by atomic mass is 9.86. The van der Waals surface area contributed by atoms with E-state index in [-0.39, 0.29) is 11.8 Å². The Kier molecular flexibility index (Phi) is 3.62. The lowest BCUT2D eigenvalue weighted by Crippen LogP contribution is -2.29. The first-order valence-corrected chi connectivity index (χ1v) is 7.63. The fourth-order valence-electron chi connectivity index (χ4n) is 3.48. The number of primary amides is 1. The molecule has 1 amide bonds. The number of aromatic nitrogens is 1. The summed E-state index contributed by atoms with van der Waals surface area (Å²) in [6.07, 6.45) is 3.64. The van der Waals surface area contributed by atoms with Crippen molar-refractivity contribution in [2.45, 2.75) is 39.2 Å². The smallest absolute Gasteiger partial charge is 0.220 e. The lowest BCUT2D eigenvalue weighted by molar-refractivity contribution is -0.122. The Hall–Kier alpha value is -1.97. The molecule has 112 valence electrons. The van der Waals surface area contributed by atoms with Gasteiger partial charge in [0.1, 0.15) is 5.75 Å². The van der Waals surface area contributed by atoms with Crippen molar-refractivity contribution in [3.63, 3.8) is 0 Å². The maximum absolute atomic E-state index is 11.5. The van der Waals surface area contributed by atoms with Crippen LogP contribution in [0.4, 0.5) is 0 Å². The Balaban J connectivity index is 2.18. The van der Waals surface area contributed by atoms with E-state index >= 15 is 0 Å². The minimum atomic E-state index is -0.181. The van der Waals surface area contributed by atoms with Gasteiger partial charge in [0.2, 0.25) is 5.91 Å². The van der Waals surface area contributed by atoms with E-state index in [2.05, 4.69) is 23.6 Å². The molecule has 2 aromatic rings. The van der Waals surface area contributed by atoms with Gasteiger partial charge < -0.3 is 15.0 Å². The quantitative estimate of drug-likeness (QED) is 0.939. The second kappa shape index (κ2) is 5.43. The van der Waals surface area contributed by atoms with E-state index in [0.717, 1.165) is 38.0 Å². The van der Waals surface area contributed by atoms with Gasteiger partial charge in [-0.3, -0.25) is 4.79 Å². The fraction of sp³-hybridized carbons (Fsp3) is 0.471. The number of hydrogen-bond donors (Lipinski definition) is 1. The molecule has 1 aliphatic rings. The van der Waals surface area contributed by atoms with E-state index < -0.39 is 0 Å². The van der Waals surface area contributed by atoms with Crippen molar-refractivity contribution in [1.29, 1.82) is 0 Å². The number of methoxy groups -OCH3 is 1. The van der Waals surface area contributed by atoms with Gasteiger partial charge in [0, 0.05) is 29.1 Å². The largest absolute Gasteiger partial charge is 0.497 e. The highest BCUT2D eigenvalue weighted by Gasteiger charge is 2.28. The zero-order chi connectivity index (χ0) is 15.0. The van der Waals surface area contributed by atoms with Crippen LogP contribution >= 0.6 is 0 Å².